The van der Waals surface area contributed by atoms with Gasteiger partial charge in [0, 0.05) is 13.6 Å². The molecular formula is C10H14BrN5S2. The number of nitrogens with one attached hydrogen (secondary N) is 3. The van der Waals surface area contributed by atoms with Crippen LogP contribution in [0.4, 0.5) is 0 Å². The van der Waals surface area contributed by atoms with Gasteiger partial charge in [-0.05, 0) is 47.2 Å². The number of halogens is 1. The lowest BCUT2D eigenvalue weighted by molar-refractivity contribution is 0.899. The number of thiocarbonyl (C=S) groups is 1. The molecule has 1 aromatic heterocycles. The summed E-state index contributed by atoms with van der Waals surface area (Å²) in [4.78, 5) is 1.01. The molecule has 0 saturated carbocycles. The van der Waals surface area contributed by atoms with Gasteiger partial charge in [0.2, 0.25) is 0 Å². The van der Waals surface area contributed by atoms with E-state index in [0.29, 0.717) is 5.11 Å². The van der Waals surface area contributed by atoms with Gasteiger partial charge < -0.3 is 10.7 Å². The van der Waals surface area contributed by atoms with E-state index in [-0.39, 0.29) is 0 Å². The normalized spacial score (nSPS) is 11.6. The van der Waals surface area contributed by atoms with E-state index in [9.17, 15) is 0 Å². The van der Waals surface area contributed by atoms with Crippen molar-refractivity contribution in [2.24, 2.45) is 10.2 Å². The molecule has 1 aromatic rings. The summed E-state index contributed by atoms with van der Waals surface area (Å²) < 4.78 is 1.05. The minimum Gasteiger partial charge on any atom is -0.362 e. The highest BCUT2D eigenvalue weighted by Crippen LogP contribution is 2.22. The second-order valence-electron chi connectivity index (χ2n) is 3.05. The summed E-state index contributed by atoms with van der Waals surface area (Å²) in [5.41, 5.74) is 6.21. The molecule has 0 saturated heterocycles. The molecule has 98 valence electrons. The molecule has 0 radical (unpaired) electrons. The highest BCUT2D eigenvalue weighted by Gasteiger charge is 2.04. The van der Waals surface area contributed by atoms with Crippen molar-refractivity contribution in [1.82, 2.24) is 16.2 Å². The minimum atomic E-state index is 0.491. The molecule has 1 heterocycles. The molecule has 0 amide bonds. The number of rotatable bonds is 5. The fraction of sp³-hybridized carbons (Fsp3) is 0.300. The average molecular weight is 348 g/mol. The molecule has 5 nitrogen and oxygen atoms in total. The smallest absolute Gasteiger partial charge is 0.186 e. The average Bonchev–Trinajstić information content (AvgIpc) is 2.75. The topological polar surface area (TPSA) is 60.8 Å². The zero-order chi connectivity index (χ0) is 13.4. The second-order valence-corrected chi connectivity index (χ2v) is 5.93. The number of thiophene rings is 1. The van der Waals surface area contributed by atoms with Crippen LogP contribution < -0.4 is 16.2 Å². The van der Waals surface area contributed by atoms with Gasteiger partial charge in [-0.15, -0.1) is 11.3 Å². The zero-order valence-corrected chi connectivity index (χ0v) is 13.2. The highest BCUT2D eigenvalue weighted by molar-refractivity contribution is 9.11. The lowest BCUT2D eigenvalue weighted by Gasteiger charge is -2.03. The lowest BCUT2D eigenvalue weighted by atomic mass is 10.3. The predicted molar refractivity (Wildman–Crippen MR) is 85.5 cm³/mol. The molecule has 0 aliphatic carbocycles. The first-order valence-electron chi connectivity index (χ1n) is 5.24. The van der Waals surface area contributed by atoms with Crippen LogP contribution in [0.1, 0.15) is 11.8 Å². The maximum absolute atomic E-state index is 4.99. The molecule has 1 rings (SSSR count). The fourth-order valence-electron chi connectivity index (χ4n) is 1.07. The van der Waals surface area contributed by atoms with Crippen LogP contribution in [0, 0.1) is 0 Å². The summed E-state index contributed by atoms with van der Waals surface area (Å²) in [5, 5.41) is 11.6. The van der Waals surface area contributed by atoms with E-state index >= 15 is 0 Å². The van der Waals surface area contributed by atoms with Crippen molar-refractivity contribution in [2.75, 3.05) is 13.6 Å². The first-order valence-corrected chi connectivity index (χ1v) is 7.26. The van der Waals surface area contributed by atoms with Crippen molar-refractivity contribution in [2.45, 2.75) is 6.92 Å². The van der Waals surface area contributed by atoms with Gasteiger partial charge in [0.05, 0.1) is 14.9 Å². The van der Waals surface area contributed by atoms with E-state index in [1.54, 1.807) is 24.6 Å². The van der Waals surface area contributed by atoms with Crippen molar-refractivity contribution >= 4 is 56.5 Å². The molecular weight excluding hydrogens is 334 g/mol. The maximum atomic E-state index is 4.99. The monoisotopic (exact) mass is 347 g/mol. The maximum Gasteiger partial charge on any atom is 0.186 e. The Bertz CT molecular complexity index is 455. The summed E-state index contributed by atoms with van der Waals surface area (Å²) in [5.74, 6) is 0. The number of hydrogen-bond acceptors (Lipinski definition) is 5. The molecule has 0 unspecified atom stereocenters. The summed E-state index contributed by atoms with van der Waals surface area (Å²) in [6.07, 6.45) is 1.62. The standard InChI is InChI=1S/C10H14BrN5S2/c1-3-13-10(17)16-14-6-7(15-12-2)8-4-5-9(11)18-8/h4-6,12H,3H2,1-2H3,(H2,13,16,17)/b14-6+,15-7-. The van der Waals surface area contributed by atoms with E-state index in [1.807, 2.05) is 19.1 Å². The highest BCUT2D eigenvalue weighted by atomic mass is 79.9. The van der Waals surface area contributed by atoms with Crippen molar-refractivity contribution in [3.63, 3.8) is 0 Å². The van der Waals surface area contributed by atoms with Gasteiger partial charge in [0.1, 0.15) is 5.71 Å². The van der Waals surface area contributed by atoms with Crippen LogP contribution in [0.5, 0.6) is 0 Å². The van der Waals surface area contributed by atoms with Gasteiger partial charge in [-0.2, -0.15) is 10.2 Å². The van der Waals surface area contributed by atoms with E-state index in [0.717, 1.165) is 20.9 Å². The minimum absolute atomic E-state index is 0.491. The van der Waals surface area contributed by atoms with E-state index in [1.165, 1.54) is 0 Å². The molecule has 3 N–H and O–H groups in total. The summed E-state index contributed by atoms with van der Waals surface area (Å²) in [6.45, 7) is 2.73. The van der Waals surface area contributed by atoms with Gasteiger partial charge in [0.15, 0.2) is 5.11 Å². The molecule has 0 fully saturated rings. The van der Waals surface area contributed by atoms with Gasteiger partial charge >= 0.3 is 0 Å². The van der Waals surface area contributed by atoms with Crippen molar-refractivity contribution in [3.05, 3.63) is 20.8 Å². The van der Waals surface area contributed by atoms with Crippen LogP contribution in [-0.4, -0.2) is 30.6 Å². The number of nitrogens with zero attached hydrogens (tertiary/aromatic N) is 2. The molecule has 18 heavy (non-hydrogen) atoms. The Balaban J connectivity index is 2.67. The molecule has 0 aliphatic rings. The van der Waals surface area contributed by atoms with Crippen molar-refractivity contribution in [3.8, 4) is 0 Å². The third kappa shape index (κ3) is 5.11. The van der Waals surface area contributed by atoms with Crippen molar-refractivity contribution in [1.29, 1.82) is 0 Å². The fourth-order valence-corrected chi connectivity index (χ4v) is 2.61. The Hall–Kier alpha value is -0.990. The van der Waals surface area contributed by atoms with Crippen LogP contribution in [-0.2, 0) is 0 Å². The third-order valence-corrected chi connectivity index (χ3v) is 3.63. The van der Waals surface area contributed by atoms with Crippen LogP contribution in [0.15, 0.2) is 26.1 Å². The van der Waals surface area contributed by atoms with Gasteiger partial charge in [-0.3, -0.25) is 5.43 Å². The lowest BCUT2D eigenvalue weighted by Crippen LogP contribution is -2.31. The summed E-state index contributed by atoms with van der Waals surface area (Å²) in [6, 6.07) is 3.94. The largest absolute Gasteiger partial charge is 0.362 e. The van der Waals surface area contributed by atoms with Crippen LogP contribution in [0.3, 0.4) is 0 Å². The molecule has 0 spiro atoms. The van der Waals surface area contributed by atoms with Crippen LogP contribution >= 0.6 is 39.5 Å². The first kappa shape index (κ1) is 15.1. The SMILES string of the molecule is CCNC(=S)N/N=C/C(=N/NC)c1ccc(Br)s1. The Morgan fingerprint density at radius 1 is 1.56 bits per heavy atom. The summed E-state index contributed by atoms with van der Waals surface area (Å²) >= 11 is 9.99. The molecule has 0 aromatic carbocycles. The number of hydrogen-bond donors (Lipinski definition) is 3. The van der Waals surface area contributed by atoms with Gasteiger partial charge in [-0.1, -0.05) is 0 Å². The zero-order valence-electron chi connectivity index (χ0n) is 10.0. The predicted octanol–water partition coefficient (Wildman–Crippen LogP) is 1.90. The van der Waals surface area contributed by atoms with Gasteiger partial charge in [0.25, 0.3) is 0 Å². The van der Waals surface area contributed by atoms with E-state index in [4.69, 9.17) is 12.2 Å². The Kier molecular flexibility index (Phi) is 6.84. The van der Waals surface area contributed by atoms with Crippen LogP contribution in [0.25, 0.3) is 0 Å². The molecule has 0 aliphatic heterocycles. The summed E-state index contributed by atoms with van der Waals surface area (Å²) in [7, 11) is 1.74. The quantitative estimate of drug-likeness (QED) is 0.432. The molecule has 0 bridgehead atoms. The van der Waals surface area contributed by atoms with Gasteiger partial charge in [-0.25, -0.2) is 0 Å². The van der Waals surface area contributed by atoms with Crippen molar-refractivity contribution < 1.29 is 0 Å². The Labute approximate surface area is 124 Å². The Morgan fingerprint density at radius 3 is 2.89 bits per heavy atom. The molecule has 8 heteroatoms. The van der Waals surface area contributed by atoms with Crippen LogP contribution in [0.2, 0.25) is 0 Å². The molecule has 0 atom stereocenters. The Morgan fingerprint density at radius 2 is 2.33 bits per heavy atom. The van der Waals surface area contributed by atoms with E-state index < -0.39 is 0 Å². The number of hydrazone groups is 2. The van der Waals surface area contributed by atoms with E-state index in [2.05, 4.69) is 42.3 Å². The third-order valence-electron chi connectivity index (χ3n) is 1.75. The second kappa shape index (κ2) is 8.17. The first-order chi connectivity index (χ1) is 8.67.